The van der Waals surface area contributed by atoms with Crippen LogP contribution in [0.5, 0.6) is 0 Å². The average molecular weight is 258 g/mol. The van der Waals surface area contributed by atoms with E-state index in [2.05, 4.69) is 6.58 Å². The maximum Gasteiger partial charge on any atom is 0.335 e. The molecule has 0 spiro atoms. The lowest BCUT2D eigenvalue weighted by molar-refractivity contribution is -0.132. The summed E-state index contributed by atoms with van der Waals surface area (Å²) in [7, 11) is 0. The SMILES string of the molecule is C=C(C)C(=O)O.O=C(O)c1ccc2ccccc2c1. The number of carbonyl (C=O) groups is 2. The van der Waals surface area contributed by atoms with Crippen molar-refractivity contribution >= 4 is 22.7 Å². The quantitative estimate of drug-likeness (QED) is 0.811. The van der Waals surface area contributed by atoms with Gasteiger partial charge in [-0.1, -0.05) is 36.9 Å². The molecule has 98 valence electrons. The average Bonchev–Trinajstić information content (AvgIpc) is 2.38. The number of fused-ring (bicyclic) bond motifs is 1. The van der Waals surface area contributed by atoms with Crippen molar-refractivity contribution in [3.8, 4) is 0 Å². The van der Waals surface area contributed by atoms with Crippen LogP contribution < -0.4 is 0 Å². The molecule has 0 saturated carbocycles. The molecule has 0 radical (unpaired) electrons. The van der Waals surface area contributed by atoms with Crippen molar-refractivity contribution in [2.45, 2.75) is 6.92 Å². The maximum absolute atomic E-state index is 10.6. The Labute approximate surface area is 110 Å². The molecule has 0 amide bonds. The van der Waals surface area contributed by atoms with Crippen LogP contribution in [0.4, 0.5) is 0 Å². The number of hydrogen-bond acceptors (Lipinski definition) is 2. The summed E-state index contributed by atoms with van der Waals surface area (Å²) in [5, 5.41) is 18.7. The molecule has 0 aliphatic heterocycles. The Bertz CT molecular complexity index is 617. The Balaban J connectivity index is 0.000000258. The molecule has 19 heavy (non-hydrogen) atoms. The van der Waals surface area contributed by atoms with E-state index in [9.17, 15) is 9.59 Å². The zero-order valence-corrected chi connectivity index (χ0v) is 10.5. The molecular formula is C15H14O4. The van der Waals surface area contributed by atoms with Crippen molar-refractivity contribution in [3.63, 3.8) is 0 Å². The van der Waals surface area contributed by atoms with Crippen molar-refractivity contribution < 1.29 is 19.8 Å². The molecule has 2 aromatic carbocycles. The molecule has 0 saturated heterocycles. The highest BCUT2D eigenvalue weighted by Gasteiger charge is 2.01. The molecule has 0 bridgehead atoms. The third-order valence-electron chi connectivity index (χ3n) is 2.36. The fourth-order valence-corrected chi connectivity index (χ4v) is 1.32. The van der Waals surface area contributed by atoms with Crippen LogP contribution >= 0.6 is 0 Å². The lowest BCUT2D eigenvalue weighted by Crippen LogP contribution is -1.94. The van der Waals surface area contributed by atoms with Crippen LogP contribution in [0.2, 0.25) is 0 Å². The zero-order valence-electron chi connectivity index (χ0n) is 10.5. The van der Waals surface area contributed by atoms with Crippen LogP contribution in [0.3, 0.4) is 0 Å². The zero-order chi connectivity index (χ0) is 14.4. The first kappa shape index (κ1) is 14.4. The minimum absolute atomic E-state index is 0.176. The molecular weight excluding hydrogens is 244 g/mol. The van der Waals surface area contributed by atoms with E-state index in [0.29, 0.717) is 5.56 Å². The van der Waals surface area contributed by atoms with Gasteiger partial charge in [0.1, 0.15) is 0 Å². The Morgan fingerprint density at radius 3 is 2.00 bits per heavy atom. The highest BCUT2D eigenvalue weighted by atomic mass is 16.4. The molecule has 4 nitrogen and oxygen atoms in total. The molecule has 0 fully saturated rings. The van der Waals surface area contributed by atoms with Crippen molar-refractivity contribution in [1.29, 1.82) is 0 Å². The molecule has 0 aromatic heterocycles. The number of benzene rings is 2. The summed E-state index contributed by atoms with van der Waals surface area (Å²) in [6.45, 7) is 4.60. The van der Waals surface area contributed by atoms with Gasteiger partial charge in [0.15, 0.2) is 0 Å². The largest absolute Gasteiger partial charge is 0.478 e. The topological polar surface area (TPSA) is 74.6 Å². The fraction of sp³-hybridized carbons (Fsp3) is 0.0667. The van der Waals surface area contributed by atoms with Gasteiger partial charge >= 0.3 is 11.9 Å². The van der Waals surface area contributed by atoms with Crippen molar-refractivity contribution in [3.05, 3.63) is 60.2 Å². The minimum Gasteiger partial charge on any atom is -0.478 e. The Morgan fingerprint density at radius 2 is 1.53 bits per heavy atom. The predicted octanol–water partition coefficient (Wildman–Crippen LogP) is 3.19. The van der Waals surface area contributed by atoms with Gasteiger partial charge < -0.3 is 10.2 Å². The van der Waals surface area contributed by atoms with Gasteiger partial charge in [0.2, 0.25) is 0 Å². The van der Waals surface area contributed by atoms with E-state index in [-0.39, 0.29) is 5.57 Å². The highest BCUT2D eigenvalue weighted by Crippen LogP contribution is 2.15. The van der Waals surface area contributed by atoms with E-state index in [0.717, 1.165) is 10.8 Å². The molecule has 4 heteroatoms. The van der Waals surface area contributed by atoms with E-state index in [1.54, 1.807) is 12.1 Å². The second-order valence-electron chi connectivity index (χ2n) is 3.95. The van der Waals surface area contributed by atoms with Crippen LogP contribution in [0.15, 0.2) is 54.6 Å². The summed E-state index contributed by atoms with van der Waals surface area (Å²) in [6, 6.07) is 12.8. The standard InChI is InChI=1S/C11H8O2.C4H6O2/c12-11(13)10-6-5-8-3-1-2-4-9(8)7-10;1-3(2)4(5)6/h1-7H,(H,12,13);1H2,2H3,(H,5,6). The van der Waals surface area contributed by atoms with E-state index < -0.39 is 11.9 Å². The monoisotopic (exact) mass is 258 g/mol. The molecule has 0 aliphatic rings. The molecule has 2 rings (SSSR count). The van der Waals surface area contributed by atoms with E-state index in [1.165, 1.54) is 6.92 Å². The van der Waals surface area contributed by atoms with Gasteiger partial charge in [-0.25, -0.2) is 9.59 Å². The van der Waals surface area contributed by atoms with Gasteiger partial charge in [0.05, 0.1) is 5.56 Å². The molecule has 0 heterocycles. The number of carboxylic acid groups (broad SMARTS) is 2. The van der Waals surface area contributed by atoms with Crippen LogP contribution in [-0.2, 0) is 4.79 Å². The van der Waals surface area contributed by atoms with Gasteiger partial charge in [-0.05, 0) is 29.8 Å². The first-order valence-electron chi connectivity index (χ1n) is 5.52. The molecule has 2 aromatic rings. The van der Waals surface area contributed by atoms with Gasteiger partial charge in [0, 0.05) is 5.57 Å². The molecule has 0 aliphatic carbocycles. The normalized spacial score (nSPS) is 9.32. The maximum atomic E-state index is 10.6. The van der Waals surface area contributed by atoms with Gasteiger partial charge in [-0.2, -0.15) is 0 Å². The second-order valence-corrected chi connectivity index (χ2v) is 3.95. The summed E-state index contributed by atoms with van der Waals surface area (Å²) in [4.78, 5) is 20.2. The summed E-state index contributed by atoms with van der Waals surface area (Å²) in [5.74, 6) is -1.82. The van der Waals surface area contributed by atoms with Crippen molar-refractivity contribution in [1.82, 2.24) is 0 Å². The lowest BCUT2D eigenvalue weighted by atomic mass is 10.1. The van der Waals surface area contributed by atoms with Gasteiger partial charge in [-0.3, -0.25) is 0 Å². The predicted molar refractivity (Wildman–Crippen MR) is 73.4 cm³/mol. The molecule has 0 unspecified atom stereocenters. The number of carboxylic acids is 2. The first-order chi connectivity index (χ1) is 8.91. The highest BCUT2D eigenvalue weighted by molar-refractivity contribution is 5.94. The van der Waals surface area contributed by atoms with Crippen molar-refractivity contribution in [2.24, 2.45) is 0 Å². The lowest BCUT2D eigenvalue weighted by Gasteiger charge is -1.98. The van der Waals surface area contributed by atoms with Crippen LogP contribution in [0.25, 0.3) is 10.8 Å². The number of rotatable bonds is 2. The minimum atomic E-state index is -0.935. The molecule has 2 N–H and O–H groups in total. The number of aromatic carboxylic acids is 1. The summed E-state index contributed by atoms with van der Waals surface area (Å²) in [6.07, 6.45) is 0. The summed E-state index contributed by atoms with van der Waals surface area (Å²) in [5.41, 5.74) is 0.508. The van der Waals surface area contributed by atoms with Gasteiger partial charge in [0.25, 0.3) is 0 Å². The fourth-order valence-electron chi connectivity index (χ4n) is 1.32. The first-order valence-corrected chi connectivity index (χ1v) is 5.52. The van der Waals surface area contributed by atoms with Crippen molar-refractivity contribution in [2.75, 3.05) is 0 Å². The second kappa shape index (κ2) is 6.35. The Morgan fingerprint density at radius 1 is 1.00 bits per heavy atom. The third kappa shape index (κ3) is 4.27. The number of hydrogen-bond donors (Lipinski definition) is 2. The Kier molecular flexibility index (Phi) is 4.83. The van der Waals surface area contributed by atoms with Crippen LogP contribution in [-0.4, -0.2) is 22.2 Å². The Hall–Kier alpha value is -2.62. The van der Waals surface area contributed by atoms with Crippen LogP contribution in [0, 0.1) is 0 Å². The van der Waals surface area contributed by atoms with E-state index in [1.807, 2.05) is 30.3 Å². The summed E-state index contributed by atoms with van der Waals surface area (Å²) < 4.78 is 0. The smallest absolute Gasteiger partial charge is 0.335 e. The van der Waals surface area contributed by atoms with E-state index in [4.69, 9.17) is 10.2 Å². The summed E-state index contributed by atoms with van der Waals surface area (Å²) >= 11 is 0. The van der Waals surface area contributed by atoms with Crippen LogP contribution in [0.1, 0.15) is 17.3 Å². The molecule has 0 atom stereocenters. The third-order valence-corrected chi connectivity index (χ3v) is 2.36. The van der Waals surface area contributed by atoms with Gasteiger partial charge in [-0.15, -0.1) is 0 Å². The van der Waals surface area contributed by atoms with E-state index >= 15 is 0 Å². The number of aliphatic carboxylic acids is 1.